The maximum Gasteiger partial charge on any atom is 0.322 e. The standard InChI is InChI=1S/C30H36N2O6S/c1-4-5-17-38-23-11-14-25(15-12-23)39(35,36)31-28(30(33)34)19-26-21(2)32(20-22-9-7-6-8-10-22)29-16-13-24(37-3)18-27(26)29/h11-16,18,22,28,31H,6-10,17,19-20H2,1-3H3,(H,33,34)/t28-/m0/s1. The molecule has 4 rings (SSSR count). The van der Waals surface area contributed by atoms with Crippen molar-refractivity contribution < 1.29 is 27.8 Å². The van der Waals surface area contributed by atoms with Gasteiger partial charge in [-0.15, -0.1) is 5.92 Å². The summed E-state index contributed by atoms with van der Waals surface area (Å²) >= 11 is 0. The van der Waals surface area contributed by atoms with Crippen molar-refractivity contribution in [3.8, 4) is 23.3 Å². The number of ether oxygens (including phenoxy) is 2. The maximum atomic E-state index is 13.2. The van der Waals surface area contributed by atoms with Gasteiger partial charge in [-0.05, 0) is 80.6 Å². The number of carbonyl (C=O) groups is 1. The van der Waals surface area contributed by atoms with Gasteiger partial charge in [0.25, 0.3) is 0 Å². The van der Waals surface area contributed by atoms with Gasteiger partial charge in [-0.25, -0.2) is 8.42 Å². The molecule has 0 aliphatic heterocycles. The third-order valence-electron chi connectivity index (χ3n) is 7.45. The van der Waals surface area contributed by atoms with Gasteiger partial charge in [-0.1, -0.05) is 25.2 Å². The van der Waals surface area contributed by atoms with Crippen LogP contribution in [0, 0.1) is 24.7 Å². The number of sulfonamides is 1. The first-order chi connectivity index (χ1) is 18.7. The van der Waals surface area contributed by atoms with E-state index in [4.69, 9.17) is 9.47 Å². The van der Waals surface area contributed by atoms with E-state index in [1.165, 1.54) is 56.4 Å². The average Bonchev–Trinajstić information content (AvgIpc) is 3.18. The van der Waals surface area contributed by atoms with Gasteiger partial charge >= 0.3 is 5.97 Å². The van der Waals surface area contributed by atoms with Gasteiger partial charge in [-0.3, -0.25) is 4.79 Å². The van der Waals surface area contributed by atoms with E-state index >= 15 is 0 Å². The van der Waals surface area contributed by atoms with Crippen molar-refractivity contribution in [2.45, 2.75) is 69.9 Å². The third kappa shape index (κ3) is 6.75. The molecule has 3 aromatic rings. The van der Waals surface area contributed by atoms with Crippen molar-refractivity contribution in [1.29, 1.82) is 0 Å². The predicted octanol–water partition coefficient (Wildman–Crippen LogP) is 4.91. The molecule has 208 valence electrons. The summed E-state index contributed by atoms with van der Waals surface area (Å²) in [4.78, 5) is 12.3. The largest absolute Gasteiger partial charge is 0.497 e. The van der Waals surface area contributed by atoms with Crippen LogP contribution in [-0.4, -0.2) is 43.8 Å². The summed E-state index contributed by atoms with van der Waals surface area (Å²) in [6.07, 6.45) is 6.08. The van der Waals surface area contributed by atoms with Crippen LogP contribution in [0.5, 0.6) is 11.5 Å². The molecule has 2 N–H and O–H groups in total. The van der Waals surface area contributed by atoms with Crippen LogP contribution in [0.2, 0.25) is 0 Å². The third-order valence-corrected chi connectivity index (χ3v) is 8.94. The average molecular weight is 553 g/mol. The zero-order valence-electron chi connectivity index (χ0n) is 22.7. The maximum absolute atomic E-state index is 13.2. The number of aromatic nitrogens is 1. The van der Waals surface area contributed by atoms with Crippen LogP contribution in [0.1, 0.15) is 50.3 Å². The number of carboxylic acids is 1. The van der Waals surface area contributed by atoms with E-state index < -0.39 is 22.0 Å². The first-order valence-corrected chi connectivity index (χ1v) is 14.7. The van der Waals surface area contributed by atoms with E-state index in [1.54, 1.807) is 14.0 Å². The summed E-state index contributed by atoms with van der Waals surface area (Å²) in [7, 11) is -2.52. The van der Waals surface area contributed by atoms with Gasteiger partial charge in [0.2, 0.25) is 10.0 Å². The second-order valence-electron chi connectivity index (χ2n) is 9.96. The molecule has 0 amide bonds. The minimum atomic E-state index is -4.11. The molecule has 0 saturated heterocycles. The summed E-state index contributed by atoms with van der Waals surface area (Å²) in [6.45, 7) is 4.74. The molecule has 0 bridgehead atoms. The van der Waals surface area contributed by atoms with Gasteiger partial charge in [0, 0.05) is 29.6 Å². The highest BCUT2D eigenvalue weighted by atomic mass is 32.2. The Morgan fingerprint density at radius 2 is 1.82 bits per heavy atom. The lowest BCUT2D eigenvalue weighted by molar-refractivity contribution is -0.138. The molecule has 2 aromatic carbocycles. The quantitative estimate of drug-likeness (QED) is 0.327. The van der Waals surface area contributed by atoms with E-state index in [0.717, 1.165) is 28.7 Å². The summed E-state index contributed by atoms with van der Waals surface area (Å²) in [6, 6.07) is 10.3. The van der Waals surface area contributed by atoms with Gasteiger partial charge in [0.1, 0.15) is 24.1 Å². The van der Waals surface area contributed by atoms with Crippen LogP contribution in [-0.2, 0) is 27.8 Å². The number of aliphatic carboxylic acids is 1. The van der Waals surface area contributed by atoms with Gasteiger partial charge < -0.3 is 19.1 Å². The summed E-state index contributed by atoms with van der Waals surface area (Å²) in [5, 5.41) is 10.9. The van der Waals surface area contributed by atoms with E-state index in [9.17, 15) is 18.3 Å². The van der Waals surface area contributed by atoms with E-state index in [0.29, 0.717) is 17.4 Å². The molecule has 0 spiro atoms. The van der Waals surface area contributed by atoms with Crippen LogP contribution in [0.25, 0.3) is 10.9 Å². The molecular formula is C30H36N2O6S. The summed E-state index contributed by atoms with van der Waals surface area (Å²) in [5.74, 6) is 5.96. The normalized spacial score (nSPS) is 14.9. The lowest BCUT2D eigenvalue weighted by Crippen LogP contribution is -2.42. The molecular weight excluding hydrogens is 516 g/mol. The summed E-state index contributed by atoms with van der Waals surface area (Å²) in [5.41, 5.74) is 2.76. The lowest BCUT2D eigenvalue weighted by Gasteiger charge is -2.23. The van der Waals surface area contributed by atoms with Crippen molar-refractivity contribution in [3.63, 3.8) is 0 Å². The zero-order valence-corrected chi connectivity index (χ0v) is 23.5. The molecule has 9 heteroatoms. The number of benzene rings is 2. The molecule has 1 aromatic heterocycles. The van der Waals surface area contributed by atoms with Crippen molar-refractivity contribution in [2.75, 3.05) is 13.7 Å². The molecule has 1 aliphatic carbocycles. The lowest BCUT2D eigenvalue weighted by atomic mass is 9.89. The van der Waals surface area contributed by atoms with Crippen LogP contribution in [0.15, 0.2) is 47.4 Å². The van der Waals surface area contributed by atoms with Crippen LogP contribution >= 0.6 is 0 Å². The Hall–Kier alpha value is -3.48. The minimum absolute atomic E-state index is 0.00138. The van der Waals surface area contributed by atoms with Crippen LogP contribution in [0.3, 0.4) is 0 Å². The Labute approximate surface area is 230 Å². The smallest absolute Gasteiger partial charge is 0.322 e. The van der Waals surface area contributed by atoms with Gasteiger partial charge in [-0.2, -0.15) is 4.72 Å². The molecule has 1 saturated carbocycles. The topological polar surface area (TPSA) is 107 Å². The van der Waals surface area contributed by atoms with E-state index in [2.05, 4.69) is 21.1 Å². The van der Waals surface area contributed by atoms with Crippen molar-refractivity contribution in [1.82, 2.24) is 9.29 Å². The molecule has 1 fully saturated rings. The van der Waals surface area contributed by atoms with Crippen molar-refractivity contribution >= 4 is 26.9 Å². The number of fused-ring (bicyclic) bond motifs is 1. The first-order valence-electron chi connectivity index (χ1n) is 13.3. The van der Waals surface area contributed by atoms with E-state index in [1.807, 2.05) is 25.1 Å². The summed E-state index contributed by atoms with van der Waals surface area (Å²) < 4.78 is 41.9. The number of methoxy groups -OCH3 is 1. The number of rotatable bonds is 11. The Morgan fingerprint density at radius 1 is 1.13 bits per heavy atom. The highest BCUT2D eigenvalue weighted by Gasteiger charge is 2.29. The highest BCUT2D eigenvalue weighted by Crippen LogP contribution is 2.33. The van der Waals surface area contributed by atoms with Gasteiger partial charge in [0.05, 0.1) is 12.0 Å². The van der Waals surface area contributed by atoms with Crippen molar-refractivity contribution in [2.24, 2.45) is 5.92 Å². The Balaban J connectivity index is 1.62. The molecule has 0 unspecified atom stereocenters. The monoisotopic (exact) mass is 552 g/mol. The molecule has 1 aliphatic rings. The number of hydrogen-bond donors (Lipinski definition) is 2. The number of nitrogens with zero attached hydrogens (tertiary/aromatic N) is 1. The van der Waals surface area contributed by atoms with Crippen molar-refractivity contribution in [3.05, 3.63) is 53.7 Å². The highest BCUT2D eigenvalue weighted by molar-refractivity contribution is 7.89. The molecule has 1 heterocycles. The second kappa shape index (κ2) is 12.6. The van der Waals surface area contributed by atoms with E-state index in [-0.39, 0.29) is 17.9 Å². The van der Waals surface area contributed by atoms with Crippen LogP contribution < -0.4 is 14.2 Å². The molecule has 39 heavy (non-hydrogen) atoms. The number of hydrogen-bond acceptors (Lipinski definition) is 5. The second-order valence-corrected chi connectivity index (χ2v) is 11.7. The fourth-order valence-corrected chi connectivity index (χ4v) is 6.51. The molecule has 0 radical (unpaired) electrons. The first kappa shape index (κ1) is 28.5. The number of nitrogens with one attached hydrogen (secondary N) is 1. The predicted molar refractivity (Wildman–Crippen MR) is 151 cm³/mol. The fraction of sp³-hybridized carbons (Fsp3) is 0.433. The van der Waals surface area contributed by atoms with Crippen LogP contribution in [0.4, 0.5) is 0 Å². The Morgan fingerprint density at radius 3 is 2.46 bits per heavy atom. The molecule has 1 atom stereocenters. The Kier molecular flexibility index (Phi) is 9.20. The minimum Gasteiger partial charge on any atom is -0.497 e. The Bertz CT molecular complexity index is 1480. The SMILES string of the molecule is CC#CCOc1ccc(S(=O)(=O)N[C@@H](Cc2c(C)n(CC3CCCCC3)c3ccc(OC)cc23)C(=O)O)cc1. The number of carboxylic acid groups (broad SMARTS) is 1. The van der Waals surface area contributed by atoms with Gasteiger partial charge in [0.15, 0.2) is 0 Å². The fourth-order valence-electron chi connectivity index (χ4n) is 5.32. The zero-order chi connectivity index (χ0) is 28.0. The molecule has 8 nitrogen and oxygen atoms in total.